The molecule has 0 unspecified atom stereocenters. The van der Waals surface area contributed by atoms with Crippen molar-refractivity contribution < 1.29 is 0 Å². The fraction of sp³-hybridized carbons (Fsp3) is 0.765. The van der Waals surface area contributed by atoms with E-state index in [9.17, 15) is 0 Å². The molecule has 0 radical (unpaired) electrons. The van der Waals surface area contributed by atoms with Crippen LogP contribution in [-0.4, -0.2) is 27.9 Å². The van der Waals surface area contributed by atoms with Crippen LogP contribution in [0.4, 0.5) is 0 Å². The molecule has 4 rings (SSSR count). The first-order valence-electron chi connectivity index (χ1n) is 8.70. The first kappa shape index (κ1) is 13.5. The molecule has 21 heavy (non-hydrogen) atoms. The van der Waals surface area contributed by atoms with Gasteiger partial charge < -0.3 is 9.88 Å². The van der Waals surface area contributed by atoms with Gasteiger partial charge in [-0.2, -0.15) is 0 Å². The Labute approximate surface area is 127 Å². The second kappa shape index (κ2) is 5.91. The van der Waals surface area contributed by atoms with Crippen LogP contribution in [0.2, 0.25) is 0 Å². The zero-order chi connectivity index (χ0) is 14.1. The van der Waals surface area contributed by atoms with Crippen molar-refractivity contribution in [2.24, 2.45) is 17.8 Å². The fourth-order valence-electron chi connectivity index (χ4n) is 4.35. The van der Waals surface area contributed by atoms with Crippen LogP contribution in [0.5, 0.6) is 0 Å². The summed E-state index contributed by atoms with van der Waals surface area (Å²) in [5.74, 6) is 5.00. The lowest BCUT2D eigenvalue weighted by Gasteiger charge is -2.18. The number of fused-ring (bicyclic) bond motifs is 3. The lowest BCUT2D eigenvalue weighted by molar-refractivity contribution is 0.414. The molecular weight excluding hydrogens is 260 g/mol. The quantitative estimate of drug-likeness (QED) is 0.667. The van der Waals surface area contributed by atoms with Crippen LogP contribution in [0.1, 0.15) is 43.8 Å². The van der Waals surface area contributed by atoms with Crippen molar-refractivity contribution in [2.45, 2.75) is 51.5 Å². The van der Waals surface area contributed by atoms with Crippen LogP contribution >= 0.6 is 0 Å². The summed E-state index contributed by atoms with van der Waals surface area (Å²) in [6.07, 6.45) is 13.7. The van der Waals surface area contributed by atoms with E-state index < -0.39 is 0 Å². The molecule has 0 amide bonds. The molecule has 0 spiro atoms. The first-order chi connectivity index (χ1) is 10.4. The Bertz CT molecular complexity index is 519. The third-order valence-corrected chi connectivity index (χ3v) is 5.53. The molecule has 4 heteroatoms. The van der Waals surface area contributed by atoms with Crippen molar-refractivity contribution in [1.82, 2.24) is 20.1 Å². The number of nitrogens with one attached hydrogen (secondary N) is 1. The Kier molecular flexibility index (Phi) is 3.80. The molecule has 1 fully saturated rings. The zero-order valence-electron chi connectivity index (χ0n) is 12.8. The minimum atomic E-state index is 0.854. The van der Waals surface area contributed by atoms with Gasteiger partial charge in [0.2, 0.25) is 0 Å². The summed E-state index contributed by atoms with van der Waals surface area (Å²) in [6.45, 7) is 3.33. The predicted octanol–water partition coefficient (Wildman–Crippen LogP) is 2.35. The highest BCUT2D eigenvalue weighted by atomic mass is 15.3. The second-order valence-electron chi connectivity index (χ2n) is 6.99. The monoisotopic (exact) mass is 286 g/mol. The number of allylic oxidation sites excluding steroid dienone is 2. The maximum Gasteiger partial charge on any atom is 0.134 e. The third kappa shape index (κ3) is 2.78. The number of aromatic nitrogens is 3. The van der Waals surface area contributed by atoms with Crippen molar-refractivity contribution in [3.63, 3.8) is 0 Å². The Morgan fingerprint density at radius 1 is 1.14 bits per heavy atom. The summed E-state index contributed by atoms with van der Waals surface area (Å²) >= 11 is 0. The average Bonchev–Trinajstić information content (AvgIpc) is 3.16. The topological polar surface area (TPSA) is 42.7 Å². The molecular formula is C17H26N4. The van der Waals surface area contributed by atoms with Gasteiger partial charge in [-0.1, -0.05) is 18.6 Å². The minimum absolute atomic E-state index is 0.854. The molecule has 2 aliphatic carbocycles. The van der Waals surface area contributed by atoms with E-state index in [-0.39, 0.29) is 0 Å². The highest BCUT2D eigenvalue weighted by Gasteiger charge is 2.34. The minimum Gasteiger partial charge on any atom is -0.316 e. The summed E-state index contributed by atoms with van der Waals surface area (Å²) in [4.78, 5) is 0. The van der Waals surface area contributed by atoms with Gasteiger partial charge in [0, 0.05) is 25.9 Å². The summed E-state index contributed by atoms with van der Waals surface area (Å²) in [5, 5.41) is 12.4. The van der Waals surface area contributed by atoms with Crippen LogP contribution in [0.15, 0.2) is 12.2 Å². The molecule has 0 saturated heterocycles. The van der Waals surface area contributed by atoms with Gasteiger partial charge in [-0.3, -0.25) is 0 Å². The Hall–Kier alpha value is -1.16. The van der Waals surface area contributed by atoms with Gasteiger partial charge in [-0.15, -0.1) is 10.2 Å². The molecule has 4 nitrogen and oxygen atoms in total. The molecule has 1 aromatic heterocycles. The van der Waals surface area contributed by atoms with Crippen molar-refractivity contribution in [3.05, 3.63) is 23.8 Å². The molecule has 2 heterocycles. The molecule has 1 aromatic rings. The van der Waals surface area contributed by atoms with E-state index in [2.05, 4.69) is 32.2 Å². The molecule has 2 bridgehead atoms. The number of nitrogens with zero attached hydrogens (tertiary/aromatic N) is 3. The molecule has 3 aliphatic rings. The van der Waals surface area contributed by atoms with Crippen molar-refractivity contribution >= 4 is 0 Å². The Morgan fingerprint density at radius 2 is 2.14 bits per heavy atom. The molecule has 3 atom stereocenters. The van der Waals surface area contributed by atoms with Crippen LogP contribution in [-0.2, 0) is 19.4 Å². The van der Waals surface area contributed by atoms with E-state index in [0.29, 0.717) is 0 Å². The number of rotatable bonds is 5. The SMILES string of the molecule is C1=C[C@H]2C[C@H]1C[C@@H]2CNCCc1nnc2n1CCCCC2. The maximum atomic E-state index is 4.41. The molecule has 1 saturated carbocycles. The summed E-state index contributed by atoms with van der Waals surface area (Å²) in [5.41, 5.74) is 0. The van der Waals surface area contributed by atoms with Gasteiger partial charge in [0.05, 0.1) is 0 Å². The van der Waals surface area contributed by atoms with E-state index >= 15 is 0 Å². The van der Waals surface area contributed by atoms with Crippen LogP contribution in [0, 0.1) is 17.8 Å². The van der Waals surface area contributed by atoms with Crippen molar-refractivity contribution in [2.75, 3.05) is 13.1 Å². The summed E-state index contributed by atoms with van der Waals surface area (Å²) < 4.78 is 2.37. The number of hydrogen-bond acceptors (Lipinski definition) is 3. The van der Waals surface area contributed by atoms with E-state index in [1.807, 2.05) is 0 Å². The highest BCUT2D eigenvalue weighted by molar-refractivity contribution is 5.10. The highest BCUT2D eigenvalue weighted by Crippen LogP contribution is 2.42. The zero-order valence-corrected chi connectivity index (χ0v) is 12.8. The first-order valence-corrected chi connectivity index (χ1v) is 8.70. The van der Waals surface area contributed by atoms with E-state index in [1.54, 1.807) is 0 Å². The van der Waals surface area contributed by atoms with Gasteiger partial charge in [0.1, 0.15) is 11.6 Å². The largest absolute Gasteiger partial charge is 0.316 e. The summed E-state index contributed by atoms with van der Waals surface area (Å²) in [6, 6.07) is 0. The average molecular weight is 286 g/mol. The van der Waals surface area contributed by atoms with Gasteiger partial charge in [0.15, 0.2) is 0 Å². The van der Waals surface area contributed by atoms with Gasteiger partial charge in [0.25, 0.3) is 0 Å². The Morgan fingerprint density at radius 3 is 3.00 bits per heavy atom. The van der Waals surface area contributed by atoms with E-state index in [1.165, 1.54) is 50.3 Å². The van der Waals surface area contributed by atoms with Gasteiger partial charge >= 0.3 is 0 Å². The molecule has 1 aliphatic heterocycles. The number of aryl methyl sites for hydroxylation is 1. The number of hydrogen-bond donors (Lipinski definition) is 1. The smallest absolute Gasteiger partial charge is 0.134 e. The standard InChI is InChI=1S/C17H26N4/c1-2-4-16-19-20-17(21(16)9-3-1)7-8-18-12-15-11-13-5-6-14(15)10-13/h5-6,13-15,18H,1-4,7-12H2/t13-,14-,15+/m0/s1. The van der Waals surface area contributed by atoms with Gasteiger partial charge in [-0.05, 0) is 50.0 Å². The molecule has 0 aromatic carbocycles. The van der Waals surface area contributed by atoms with E-state index in [0.717, 1.165) is 43.7 Å². The normalized spacial score (nSPS) is 30.6. The van der Waals surface area contributed by atoms with Crippen molar-refractivity contribution in [3.8, 4) is 0 Å². The lowest BCUT2D eigenvalue weighted by atomic mass is 9.94. The van der Waals surface area contributed by atoms with E-state index in [4.69, 9.17) is 0 Å². The van der Waals surface area contributed by atoms with Crippen LogP contribution in [0.3, 0.4) is 0 Å². The second-order valence-corrected chi connectivity index (χ2v) is 6.99. The van der Waals surface area contributed by atoms with Crippen LogP contribution in [0.25, 0.3) is 0 Å². The van der Waals surface area contributed by atoms with Crippen LogP contribution < -0.4 is 5.32 Å². The van der Waals surface area contributed by atoms with Gasteiger partial charge in [-0.25, -0.2) is 0 Å². The Balaban J connectivity index is 1.26. The summed E-state index contributed by atoms with van der Waals surface area (Å²) in [7, 11) is 0. The maximum absolute atomic E-state index is 4.41. The predicted molar refractivity (Wildman–Crippen MR) is 83.0 cm³/mol. The fourth-order valence-corrected chi connectivity index (χ4v) is 4.35. The van der Waals surface area contributed by atoms with Crippen molar-refractivity contribution in [1.29, 1.82) is 0 Å². The lowest BCUT2D eigenvalue weighted by Crippen LogP contribution is -2.27. The molecule has 1 N–H and O–H groups in total. The third-order valence-electron chi connectivity index (χ3n) is 5.53. The molecule has 114 valence electrons.